The quantitative estimate of drug-likeness (QED) is 0.386. The Kier molecular flexibility index (Phi) is 4.91. The molecule has 0 spiro atoms. The summed E-state index contributed by atoms with van der Waals surface area (Å²) in [5.41, 5.74) is 3.71. The topological polar surface area (TPSA) is 12.9 Å². The molecule has 4 rings (SSSR count). The van der Waals surface area contributed by atoms with Crippen LogP contribution < -0.4 is 10.4 Å². The molecule has 0 bridgehead atoms. The molecule has 3 aromatic carbocycles. The third-order valence-corrected chi connectivity index (χ3v) is 9.47. The lowest BCUT2D eigenvalue weighted by Gasteiger charge is -2.25. The zero-order chi connectivity index (χ0) is 20.6. The Morgan fingerprint density at radius 3 is 2.14 bits per heavy atom. The van der Waals surface area contributed by atoms with Gasteiger partial charge in [0.2, 0.25) is 0 Å². The number of hydrogen-bond acceptors (Lipinski definition) is 1. The van der Waals surface area contributed by atoms with Crippen LogP contribution in [0.4, 0.5) is 0 Å². The Morgan fingerprint density at radius 2 is 1.41 bits per heavy atom. The first-order valence-corrected chi connectivity index (χ1v) is 13.3. The van der Waals surface area contributed by atoms with E-state index < -0.39 is 8.07 Å². The highest BCUT2D eigenvalue weighted by atomic mass is 28.3. The van der Waals surface area contributed by atoms with Crippen LogP contribution in [0.3, 0.4) is 0 Å². The minimum absolute atomic E-state index is 0.0747. The summed E-state index contributed by atoms with van der Waals surface area (Å²) >= 11 is 0. The first-order valence-electron chi connectivity index (χ1n) is 10.3. The third-order valence-electron chi connectivity index (χ3n) is 5.94. The van der Waals surface area contributed by atoms with E-state index in [-0.39, 0.29) is 5.41 Å². The molecule has 29 heavy (non-hydrogen) atoms. The molecule has 0 radical (unpaired) electrons. The Hall–Kier alpha value is -2.71. The van der Waals surface area contributed by atoms with Crippen molar-refractivity contribution in [2.24, 2.45) is 0 Å². The van der Waals surface area contributed by atoms with Gasteiger partial charge in [0.15, 0.2) is 0 Å². The van der Waals surface area contributed by atoms with Gasteiger partial charge in [-0.25, -0.2) is 0 Å². The normalized spacial score (nSPS) is 12.3. The third kappa shape index (κ3) is 3.77. The minimum atomic E-state index is -1.76. The fourth-order valence-corrected chi connectivity index (χ4v) is 6.43. The molecule has 1 heterocycles. The molecule has 1 nitrogen and oxygen atoms in total. The summed E-state index contributed by atoms with van der Waals surface area (Å²) in [4.78, 5) is 4.77. The molecular weight excluding hydrogens is 366 g/mol. The predicted octanol–water partition coefficient (Wildman–Crippen LogP) is 6.02. The molecule has 0 fully saturated rings. The minimum Gasteiger partial charge on any atom is -0.256 e. The molecular formula is C27H29NSi. The van der Waals surface area contributed by atoms with Crippen molar-refractivity contribution in [2.45, 2.75) is 39.3 Å². The number of fused-ring (bicyclic) bond motifs is 1. The fraction of sp³-hybridized carbons (Fsp3) is 0.222. The molecule has 0 aliphatic rings. The van der Waals surface area contributed by atoms with Crippen LogP contribution in [-0.4, -0.2) is 13.1 Å². The molecule has 0 aliphatic heterocycles. The van der Waals surface area contributed by atoms with E-state index in [9.17, 15) is 0 Å². The molecule has 0 atom stereocenters. The second-order valence-corrected chi connectivity index (χ2v) is 13.8. The SMILES string of the molecule is CC(C)(C)c1cc(-c2cc([Si](C)(C)c3ccccc3)ccn2)cc2ccccc12. The highest BCUT2D eigenvalue weighted by molar-refractivity contribution is 7.00. The van der Waals surface area contributed by atoms with Crippen molar-refractivity contribution < 1.29 is 0 Å². The molecule has 146 valence electrons. The van der Waals surface area contributed by atoms with Crippen molar-refractivity contribution in [1.82, 2.24) is 4.98 Å². The Bertz CT molecular complexity index is 1150. The zero-order valence-corrected chi connectivity index (χ0v) is 19.0. The van der Waals surface area contributed by atoms with E-state index in [0.29, 0.717) is 0 Å². The maximum Gasteiger partial charge on any atom is 0.112 e. The highest BCUT2D eigenvalue weighted by Gasteiger charge is 2.26. The monoisotopic (exact) mass is 395 g/mol. The van der Waals surface area contributed by atoms with Gasteiger partial charge < -0.3 is 0 Å². The van der Waals surface area contributed by atoms with Crippen LogP contribution in [0.15, 0.2) is 85.1 Å². The Balaban J connectivity index is 1.87. The molecule has 1 aromatic heterocycles. The van der Waals surface area contributed by atoms with Crippen LogP contribution in [0.5, 0.6) is 0 Å². The van der Waals surface area contributed by atoms with Crippen molar-refractivity contribution >= 4 is 29.2 Å². The van der Waals surface area contributed by atoms with Crippen LogP contribution in [0.2, 0.25) is 13.1 Å². The number of nitrogens with zero attached hydrogens (tertiary/aromatic N) is 1. The van der Waals surface area contributed by atoms with E-state index in [1.54, 1.807) is 0 Å². The van der Waals surface area contributed by atoms with Crippen molar-refractivity contribution in [3.8, 4) is 11.3 Å². The molecule has 0 aliphatic carbocycles. The van der Waals surface area contributed by atoms with E-state index in [1.807, 2.05) is 6.20 Å². The summed E-state index contributed by atoms with van der Waals surface area (Å²) in [6.45, 7) is 11.7. The van der Waals surface area contributed by atoms with Crippen LogP contribution in [-0.2, 0) is 5.41 Å². The molecule has 0 unspecified atom stereocenters. The summed E-state index contributed by atoms with van der Waals surface area (Å²) in [6, 6.07) is 28.7. The van der Waals surface area contributed by atoms with E-state index >= 15 is 0 Å². The van der Waals surface area contributed by atoms with Crippen molar-refractivity contribution in [2.75, 3.05) is 0 Å². The van der Waals surface area contributed by atoms with E-state index in [4.69, 9.17) is 4.98 Å². The molecule has 2 heteroatoms. The lowest BCUT2D eigenvalue weighted by molar-refractivity contribution is 0.596. The predicted molar refractivity (Wildman–Crippen MR) is 129 cm³/mol. The number of aromatic nitrogens is 1. The Labute approximate surface area is 175 Å². The molecule has 0 saturated carbocycles. The van der Waals surface area contributed by atoms with Gasteiger partial charge in [-0.2, -0.15) is 0 Å². The van der Waals surface area contributed by atoms with Crippen molar-refractivity contribution in [3.05, 3.63) is 90.6 Å². The molecule has 4 aromatic rings. The van der Waals surface area contributed by atoms with E-state index in [2.05, 4.69) is 113 Å². The van der Waals surface area contributed by atoms with Crippen LogP contribution in [0.1, 0.15) is 26.3 Å². The van der Waals surface area contributed by atoms with E-state index in [1.165, 1.54) is 32.3 Å². The van der Waals surface area contributed by atoms with Crippen molar-refractivity contribution in [3.63, 3.8) is 0 Å². The number of hydrogen-bond donors (Lipinski definition) is 0. The fourth-order valence-electron chi connectivity index (χ4n) is 4.08. The highest BCUT2D eigenvalue weighted by Crippen LogP contribution is 2.34. The first-order chi connectivity index (χ1) is 13.8. The number of rotatable bonds is 3. The summed E-state index contributed by atoms with van der Waals surface area (Å²) in [5, 5.41) is 5.48. The van der Waals surface area contributed by atoms with Gasteiger partial charge in [0.1, 0.15) is 8.07 Å². The second kappa shape index (κ2) is 7.27. The maximum absolute atomic E-state index is 4.77. The maximum atomic E-state index is 4.77. The summed E-state index contributed by atoms with van der Waals surface area (Å²) < 4.78 is 0. The van der Waals surface area contributed by atoms with E-state index in [0.717, 1.165) is 5.69 Å². The van der Waals surface area contributed by atoms with Crippen molar-refractivity contribution in [1.29, 1.82) is 0 Å². The average Bonchev–Trinajstić information content (AvgIpc) is 2.73. The second-order valence-electron chi connectivity index (χ2n) is 9.42. The van der Waals surface area contributed by atoms with Gasteiger partial charge in [0.25, 0.3) is 0 Å². The van der Waals surface area contributed by atoms with Crippen LogP contribution >= 0.6 is 0 Å². The van der Waals surface area contributed by atoms with Gasteiger partial charge in [-0.05, 0) is 46.0 Å². The summed E-state index contributed by atoms with van der Waals surface area (Å²) in [5.74, 6) is 0. The van der Waals surface area contributed by atoms with Gasteiger partial charge in [0.05, 0.1) is 5.69 Å². The largest absolute Gasteiger partial charge is 0.256 e. The zero-order valence-electron chi connectivity index (χ0n) is 18.0. The molecule has 0 amide bonds. The number of pyridine rings is 1. The van der Waals surface area contributed by atoms with Gasteiger partial charge >= 0.3 is 0 Å². The lowest BCUT2D eigenvalue weighted by Crippen LogP contribution is -2.52. The first kappa shape index (κ1) is 19.6. The smallest absolute Gasteiger partial charge is 0.112 e. The van der Waals surface area contributed by atoms with Gasteiger partial charge in [-0.15, -0.1) is 0 Å². The standard InChI is InChI=1S/C27H29NSi/c1-27(2,3)25-18-21(17-20-11-9-10-14-24(20)25)26-19-23(15-16-28-26)29(4,5)22-12-7-6-8-13-22/h6-19H,1-5H3. The Morgan fingerprint density at radius 1 is 0.724 bits per heavy atom. The summed E-state index contributed by atoms with van der Waals surface area (Å²) in [7, 11) is -1.76. The number of benzene rings is 3. The van der Waals surface area contributed by atoms with Gasteiger partial charge in [-0.3, -0.25) is 4.98 Å². The summed E-state index contributed by atoms with van der Waals surface area (Å²) in [6.07, 6.45) is 1.98. The van der Waals surface area contributed by atoms with Gasteiger partial charge in [0, 0.05) is 11.8 Å². The average molecular weight is 396 g/mol. The lowest BCUT2D eigenvalue weighted by atomic mass is 9.82. The van der Waals surface area contributed by atoms with Gasteiger partial charge in [-0.1, -0.05) is 98.8 Å². The molecule has 0 N–H and O–H groups in total. The van der Waals surface area contributed by atoms with Crippen LogP contribution in [0.25, 0.3) is 22.0 Å². The van der Waals surface area contributed by atoms with Crippen LogP contribution in [0, 0.1) is 0 Å². The molecule has 0 saturated heterocycles.